The van der Waals surface area contributed by atoms with E-state index in [-0.39, 0.29) is 38.5 Å². The molecule has 2 saturated heterocycles. The maximum Gasteiger partial charge on any atom is 0.333 e. The number of fused-ring (bicyclic) bond motifs is 1. The Labute approximate surface area is 264 Å². The van der Waals surface area contributed by atoms with Gasteiger partial charge in [0.25, 0.3) is 23.6 Å². The summed E-state index contributed by atoms with van der Waals surface area (Å²) in [6.07, 6.45) is 8.56. The Hall–Kier alpha value is -5.14. The highest BCUT2D eigenvalue weighted by atomic mass is 16.7. The third kappa shape index (κ3) is 8.52. The number of carbonyl (C=O) groups is 6. The molecule has 4 amide bonds. The van der Waals surface area contributed by atoms with Crippen LogP contribution >= 0.6 is 0 Å². The quantitative estimate of drug-likeness (QED) is 0.128. The number of rotatable bonds is 16. The van der Waals surface area contributed by atoms with Crippen LogP contribution in [0.15, 0.2) is 47.1 Å². The molecular formula is C32H35N4O10+. The Balaban J connectivity index is 0.985. The standard InChI is InChI=1S/C32H35N4O10/c37-26-11-12-27(38)35(26)45-30(41)7-3-1-5-17-34-18-15-22(16-19-34)32-33-24-10-9-23(21-25(24)44-32)43-20-6-2-4-8-31(42)46-36-28(39)13-14-29(36)40/h9-10,15-16,18-19,21H,1-8,11-14,17,20H2/q+1. The second-order valence-electron chi connectivity index (χ2n) is 11.0. The SMILES string of the molecule is O=C(CCCCCOc1ccc2nc(-c3cc[n+](CCCCCC(=O)ON4C(=O)CCC4=O)cc3)oc2c1)ON1C(=O)CCC1=O. The fourth-order valence-corrected chi connectivity index (χ4v) is 4.96. The maximum atomic E-state index is 11.9. The van der Waals surface area contributed by atoms with Gasteiger partial charge < -0.3 is 18.8 Å². The minimum atomic E-state index is -0.602. The molecule has 2 aromatic heterocycles. The van der Waals surface area contributed by atoms with Crippen molar-refractivity contribution in [2.24, 2.45) is 0 Å². The lowest BCUT2D eigenvalue weighted by atomic mass is 10.2. The lowest BCUT2D eigenvalue weighted by Gasteiger charge is -2.12. The number of imide groups is 2. The van der Waals surface area contributed by atoms with E-state index in [4.69, 9.17) is 18.8 Å². The monoisotopic (exact) mass is 635 g/mol. The smallest absolute Gasteiger partial charge is 0.333 e. The third-order valence-corrected chi connectivity index (χ3v) is 7.49. The number of unbranched alkanes of at least 4 members (excludes halogenated alkanes) is 4. The molecule has 0 spiro atoms. The normalized spacial score (nSPS) is 14.9. The number of benzene rings is 1. The van der Waals surface area contributed by atoms with Crippen LogP contribution in [0.4, 0.5) is 0 Å². The number of aryl methyl sites for hydroxylation is 1. The number of carbonyl (C=O) groups excluding carboxylic acids is 6. The molecule has 1 aromatic carbocycles. The van der Waals surface area contributed by atoms with Crippen molar-refractivity contribution in [2.45, 2.75) is 83.6 Å². The summed E-state index contributed by atoms with van der Waals surface area (Å²) in [7, 11) is 0. The molecule has 0 aliphatic carbocycles. The molecule has 2 aliphatic rings. The van der Waals surface area contributed by atoms with Crippen molar-refractivity contribution < 1.29 is 52.2 Å². The second-order valence-corrected chi connectivity index (χ2v) is 11.0. The summed E-state index contributed by atoms with van der Waals surface area (Å²) < 4.78 is 13.8. The molecule has 0 atom stereocenters. The zero-order valence-electron chi connectivity index (χ0n) is 25.3. The summed E-state index contributed by atoms with van der Waals surface area (Å²) in [5, 5.41) is 1.14. The van der Waals surface area contributed by atoms with Gasteiger partial charge in [-0.1, -0.05) is 0 Å². The number of amides is 4. The van der Waals surface area contributed by atoms with E-state index >= 15 is 0 Å². The first-order valence-electron chi connectivity index (χ1n) is 15.4. The van der Waals surface area contributed by atoms with Crippen LogP contribution in [0.3, 0.4) is 0 Å². The van der Waals surface area contributed by atoms with Gasteiger partial charge in [-0.3, -0.25) is 19.2 Å². The fourth-order valence-electron chi connectivity index (χ4n) is 4.96. The molecule has 0 saturated carbocycles. The number of hydrogen-bond donors (Lipinski definition) is 0. The molecule has 2 fully saturated rings. The first kappa shape index (κ1) is 32.3. The minimum Gasteiger partial charge on any atom is -0.493 e. The zero-order chi connectivity index (χ0) is 32.5. The number of ether oxygens (including phenoxy) is 1. The topological polar surface area (TPSA) is 166 Å². The summed E-state index contributed by atoms with van der Waals surface area (Å²) in [5.74, 6) is -1.99. The van der Waals surface area contributed by atoms with E-state index in [0.717, 1.165) is 24.9 Å². The van der Waals surface area contributed by atoms with Crippen LogP contribution in [0, 0.1) is 0 Å². The molecule has 3 aromatic rings. The van der Waals surface area contributed by atoms with E-state index in [1.54, 1.807) is 6.07 Å². The van der Waals surface area contributed by atoms with E-state index in [1.807, 2.05) is 41.2 Å². The molecule has 2 aliphatic heterocycles. The van der Waals surface area contributed by atoms with E-state index in [2.05, 4.69) is 4.98 Å². The van der Waals surface area contributed by atoms with Gasteiger partial charge in [0.05, 0.1) is 6.61 Å². The fraction of sp³-hybridized carbons (Fsp3) is 0.438. The van der Waals surface area contributed by atoms with Gasteiger partial charge in [0.15, 0.2) is 18.0 Å². The van der Waals surface area contributed by atoms with E-state index in [9.17, 15) is 28.8 Å². The molecule has 14 nitrogen and oxygen atoms in total. The van der Waals surface area contributed by atoms with E-state index in [1.165, 1.54) is 0 Å². The van der Waals surface area contributed by atoms with Crippen LogP contribution in [0.1, 0.15) is 77.0 Å². The Morgan fingerprint density at radius 1 is 0.739 bits per heavy atom. The Bertz CT molecular complexity index is 1580. The maximum absolute atomic E-state index is 11.9. The number of aromatic nitrogens is 2. The van der Waals surface area contributed by atoms with Crippen molar-refractivity contribution in [1.82, 2.24) is 15.1 Å². The van der Waals surface area contributed by atoms with Crippen LogP contribution < -0.4 is 9.30 Å². The van der Waals surface area contributed by atoms with E-state index < -0.39 is 35.6 Å². The zero-order valence-corrected chi connectivity index (χ0v) is 25.3. The molecule has 0 bridgehead atoms. The van der Waals surface area contributed by atoms with Crippen molar-refractivity contribution in [3.63, 3.8) is 0 Å². The first-order chi connectivity index (χ1) is 22.3. The Morgan fingerprint density at radius 2 is 1.30 bits per heavy atom. The first-order valence-corrected chi connectivity index (χ1v) is 15.4. The van der Waals surface area contributed by atoms with Crippen LogP contribution in [0.5, 0.6) is 5.75 Å². The predicted octanol–water partition coefficient (Wildman–Crippen LogP) is 3.50. The summed E-state index contributed by atoms with van der Waals surface area (Å²) in [5.41, 5.74) is 2.11. The Morgan fingerprint density at radius 3 is 1.89 bits per heavy atom. The predicted molar refractivity (Wildman–Crippen MR) is 156 cm³/mol. The number of pyridine rings is 1. The average Bonchev–Trinajstić information content (AvgIpc) is 3.71. The summed E-state index contributed by atoms with van der Waals surface area (Å²) in [4.78, 5) is 84.2. The number of hydroxylamine groups is 4. The highest BCUT2D eigenvalue weighted by Crippen LogP contribution is 2.27. The lowest BCUT2D eigenvalue weighted by molar-refractivity contribution is -0.697. The summed E-state index contributed by atoms with van der Waals surface area (Å²) in [6, 6.07) is 9.27. The molecule has 46 heavy (non-hydrogen) atoms. The largest absolute Gasteiger partial charge is 0.493 e. The van der Waals surface area contributed by atoms with Gasteiger partial charge in [0.2, 0.25) is 5.89 Å². The number of nitrogens with zero attached hydrogens (tertiary/aromatic N) is 4. The molecular weight excluding hydrogens is 600 g/mol. The minimum absolute atomic E-state index is 0.0703. The highest BCUT2D eigenvalue weighted by molar-refractivity contribution is 6.02. The van der Waals surface area contributed by atoms with Gasteiger partial charge >= 0.3 is 11.9 Å². The van der Waals surface area contributed by atoms with E-state index in [0.29, 0.717) is 65.2 Å². The molecule has 242 valence electrons. The summed E-state index contributed by atoms with van der Waals surface area (Å²) >= 11 is 0. The van der Waals surface area contributed by atoms with Crippen molar-refractivity contribution in [3.05, 3.63) is 42.7 Å². The Kier molecular flexibility index (Phi) is 10.7. The van der Waals surface area contributed by atoms with Crippen molar-refractivity contribution in [3.8, 4) is 17.2 Å². The average molecular weight is 636 g/mol. The second kappa shape index (κ2) is 15.2. The molecule has 5 rings (SSSR count). The van der Waals surface area contributed by atoms with Gasteiger partial charge in [-0.05, 0) is 44.2 Å². The van der Waals surface area contributed by atoms with Crippen LogP contribution in [0.2, 0.25) is 0 Å². The van der Waals surface area contributed by atoms with Crippen LogP contribution in [-0.4, -0.2) is 57.3 Å². The molecule has 4 heterocycles. The van der Waals surface area contributed by atoms with Gasteiger partial charge in [-0.15, -0.1) is 10.1 Å². The molecule has 0 N–H and O–H groups in total. The highest BCUT2D eigenvalue weighted by Gasteiger charge is 2.33. The summed E-state index contributed by atoms with van der Waals surface area (Å²) in [6.45, 7) is 1.19. The van der Waals surface area contributed by atoms with Crippen LogP contribution in [-0.2, 0) is 45.0 Å². The van der Waals surface area contributed by atoms with Crippen molar-refractivity contribution in [2.75, 3.05) is 6.61 Å². The molecule has 0 unspecified atom stereocenters. The van der Waals surface area contributed by atoms with Gasteiger partial charge in [0.1, 0.15) is 17.8 Å². The van der Waals surface area contributed by atoms with Crippen LogP contribution in [0.25, 0.3) is 22.6 Å². The molecule has 14 heteroatoms. The lowest BCUT2D eigenvalue weighted by Crippen LogP contribution is -2.32. The van der Waals surface area contributed by atoms with Crippen molar-refractivity contribution in [1.29, 1.82) is 0 Å². The van der Waals surface area contributed by atoms with Gasteiger partial charge in [0, 0.05) is 68.7 Å². The number of oxazole rings is 1. The third-order valence-electron chi connectivity index (χ3n) is 7.49. The number of hydrogen-bond acceptors (Lipinski definition) is 11. The van der Waals surface area contributed by atoms with Gasteiger partial charge in [-0.25, -0.2) is 19.1 Å². The molecule has 0 radical (unpaired) electrons. The van der Waals surface area contributed by atoms with Crippen molar-refractivity contribution >= 4 is 46.7 Å². The van der Waals surface area contributed by atoms with Gasteiger partial charge in [-0.2, -0.15) is 0 Å².